The number of aromatic nitrogens is 1. The predicted octanol–water partition coefficient (Wildman–Crippen LogP) is 2.91. The fraction of sp³-hybridized carbons (Fsp3) is 0.353. The number of rotatable bonds is 3. The highest BCUT2D eigenvalue weighted by Crippen LogP contribution is 2.22. The zero-order valence-corrected chi connectivity index (χ0v) is 14.0. The van der Waals surface area contributed by atoms with Crippen molar-refractivity contribution >= 4 is 23.3 Å². The van der Waals surface area contributed by atoms with Crippen LogP contribution in [-0.2, 0) is 0 Å². The molecule has 1 amide bonds. The van der Waals surface area contributed by atoms with E-state index in [9.17, 15) is 4.79 Å². The molecule has 3 rings (SSSR count). The van der Waals surface area contributed by atoms with E-state index in [-0.39, 0.29) is 17.6 Å². The first-order chi connectivity index (χ1) is 11.6. The van der Waals surface area contributed by atoms with Gasteiger partial charge in [-0.3, -0.25) is 4.79 Å². The van der Waals surface area contributed by atoms with Crippen LogP contribution in [-0.4, -0.2) is 30.0 Å². The lowest BCUT2D eigenvalue weighted by atomic mass is 10.0. The first-order valence-electron chi connectivity index (χ1n) is 7.75. The molecule has 0 bridgehead atoms. The van der Waals surface area contributed by atoms with Crippen molar-refractivity contribution in [1.29, 1.82) is 5.26 Å². The second-order valence-corrected chi connectivity index (χ2v) is 6.16. The SMILES string of the molecule is Cc1ccc(C(=O)NC2CCN(c3ccc(Cl)c(C#N)n3)CC2)o1. The van der Waals surface area contributed by atoms with Crippen LogP contribution in [0.1, 0.15) is 34.9 Å². The van der Waals surface area contributed by atoms with Crippen LogP contribution >= 0.6 is 11.6 Å². The van der Waals surface area contributed by atoms with Crippen molar-refractivity contribution in [3.05, 3.63) is 46.5 Å². The molecule has 0 radical (unpaired) electrons. The molecule has 1 saturated heterocycles. The minimum Gasteiger partial charge on any atom is -0.456 e. The standard InChI is InChI=1S/C17H17ClN4O2/c1-11-2-4-15(24-11)17(23)20-12-6-8-22(9-7-12)16-5-3-13(18)14(10-19)21-16/h2-5,12H,6-9H2,1H3,(H,20,23). The number of pyridine rings is 1. The number of nitrogens with zero attached hydrogens (tertiary/aromatic N) is 3. The highest BCUT2D eigenvalue weighted by atomic mass is 35.5. The van der Waals surface area contributed by atoms with E-state index in [1.165, 1.54) is 0 Å². The fourth-order valence-electron chi connectivity index (χ4n) is 2.75. The van der Waals surface area contributed by atoms with Crippen LogP contribution in [0.15, 0.2) is 28.7 Å². The Balaban J connectivity index is 1.58. The van der Waals surface area contributed by atoms with Crippen LogP contribution < -0.4 is 10.2 Å². The second kappa shape index (κ2) is 6.93. The maximum Gasteiger partial charge on any atom is 0.287 e. The monoisotopic (exact) mass is 344 g/mol. The summed E-state index contributed by atoms with van der Waals surface area (Å²) in [5.74, 6) is 1.62. The molecular weight excluding hydrogens is 328 g/mol. The summed E-state index contributed by atoms with van der Waals surface area (Å²) in [6.45, 7) is 3.31. The predicted molar refractivity (Wildman–Crippen MR) is 90.1 cm³/mol. The van der Waals surface area contributed by atoms with Gasteiger partial charge in [-0.05, 0) is 44.0 Å². The Labute approximate surface area is 145 Å². The van der Waals surface area contributed by atoms with Gasteiger partial charge in [0.2, 0.25) is 0 Å². The topological polar surface area (TPSA) is 82.2 Å². The van der Waals surface area contributed by atoms with Gasteiger partial charge in [0.05, 0.1) is 5.02 Å². The number of anilines is 1. The summed E-state index contributed by atoms with van der Waals surface area (Å²) in [5, 5.41) is 12.4. The fourth-order valence-corrected chi connectivity index (χ4v) is 2.90. The van der Waals surface area contributed by atoms with Crippen molar-refractivity contribution in [2.45, 2.75) is 25.8 Å². The molecule has 0 aromatic carbocycles. The van der Waals surface area contributed by atoms with Gasteiger partial charge in [0, 0.05) is 19.1 Å². The van der Waals surface area contributed by atoms with Crippen LogP contribution in [0.2, 0.25) is 5.02 Å². The Kier molecular flexibility index (Phi) is 4.72. The Hall–Kier alpha value is -2.52. The molecule has 124 valence electrons. The number of nitrogens with one attached hydrogen (secondary N) is 1. The maximum absolute atomic E-state index is 12.1. The molecule has 1 aliphatic heterocycles. The van der Waals surface area contributed by atoms with E-state index in [1.54, 1.807) is 18.2 Å². The lowest BCUT2D eigenvalue weighted by Crippen LogP contribution is -2.44. The Morgan fingerprint density at radius 2 is 2.12 bits per heavy atom. The van der Waals surface area contributed by atoms with E-state index in [2.05, 4.69) is 15.2 Å². The number of amides is 1. The van der Waals surface area contributed by atoms with Gasteiger partial charge in [0.25, 0.3) is 5.91 Å². The average Bonchev–Trinajstić information content (AvgIpc) is 3.03. The van der Waals surface area contributed by atoms with E-state index in [4.69, 9.17) is 21.3 Å². The molecule has 24 heavy (non-hydrogen) atoms. The number of piperidine rings is 1. The molecule has 0 unspecified atom stereocenters. The molecular formula is C17H17ClN4O2. The molecule has 3 heterocycles. The molecule has 2 aromatic rings. The summed E-state index contributed by atoms with van der Waals surface area (Å²) in [4.78, 5) is 18.5. The number of nitriles is 1. The summed E-state index contributed by atoms with van der Waals surface area (Å²) in [6, 6.07) is 9.05. The van der Waals surface area contributed by atoms with Gasteiger partial charge in [-0.1, -0.05) is 11.6 Å². The number of hydrogen-bond acceptors (Lipinski definition) is 5. The lowest BCUT2D eigenvalue weighted by Gasteiger charge is -2.33. The van der Waals surface area contributed by atoms with Gasteiger partial charge in [0.1, 0.15) is 17.6 Å². The smallest absolute Gasteiger partial charge is 0.287 e. The van der Waals surface area contributed by atoms with Gasteiger partial charge >= 0.3 is 0 Å². The van der Waals surface area contributed by atoms with Crippen molar-refractivity contribution in [3.63, 3.8) is 0 Å². The number of furan rings is 1. The van der Waals surface area contributed by atoms with Crippen LogP contribution in [0, 0.1) is 18.3 Å². The first-order valence-corrected chi connectivity index (χ1v) is 8.13. The molecule has 0 spiro atoms. The molecule has 7 heteroatoms. The molecule has 0 aliphatic carbocycles. The van der Waals surface area contributed by atoms with Crippen molar-refractivity contribution < 1.29 is 9.21 Å². The summed E-state index contributed by atoms with van der Waals surface area (Å²) in [5.41, 5.74) is 0.234. The quantitative estimate of drug-likeness (QED) is 0.925. The Morgan fingerprint density at radius 1 is 1.38 bits per heavy atom. The van der Waals surface area contributed by atoms with Gasteiger partial charge in [0.15, 0.2) is 11.5 Å². The van der Waals surface area contributed by atoms with Crippen LogP contribution in [0.3, 0.4) is 0 Å². The van der Waals surface area contributed by atoms with Crippen molar-refractivity contribution in [2.75, 3.05) is 18.0 Å². The number of aryl methyl sites for hydroxylation is 1. The largest absolute Gasteiger partial charge is 0.456 e. The summed E-state index contributed by atoms with van der Waals surface area (Å²) < 4.78 is 5.34. The zero-order valence-electron chi connectivity index (χ0n) is 13.3. The third kappa shape index (κ3) is 3.52. The van der Waals surface area contributed by atoms with E-state index in [1.807, 2.05) is 19.1 Å². The Morgan fingerprint density at radius 3 is 2.75 bits per heavy atom. The number of carbonyl (C=O) groups excluding carboxylic acids is 1. The summed E-state index contributed by atoms with van der Waals surface area (Å²) >= 11 is 5.92. The first kappa shape index (κ1) is 16.3. The van der Waals surface area contributed by atoms with Crippen molar-refractivity contribution in [2.24, 2.45) is 0 Å². The van der Waals surface area contributed by atoms with Crippen LogP contribution in [0.5, 0.6) is 0 Å². The van der Waals surface area contributed by atoms with E-state index < -0.39 is 0 Å². The normalized spacial score (nSPS) is 15.1. The maximum atomic E-state index is 12.1. The number of hydrogen-bond donors (Lipinski definition) is 1. The van der Waals surface area contributed by atoms with Gasteiger partial charge in [-0.25, -0.2) is 4.98 Å². The van der Waals surface area contributed by atoms with Gasteiger partial charge in [-0.2, -0.15) is 5.26 Å². The van der Waals surface area contributed by atoms with Crippen LogP contribution in [0.25, 0.3) is 0 Å². The highest BCUT2D eigenvalue weighted by molar-refractivity contribution is 6.31. The molecule has 0 atom stereocenters. The second-order valence-electron chi connectivity index (χ2n) is 5.76. The van der Waals surface area contributed by atoms with Gasteiger partial charge < -0.3 is 14.6 Å². The highest BCUT2D eigenvalue weighted by Gasteiger charge is 2.23. The third-order valence-electron chi connectivity index (χ3n) is 4.06. The van der Waals surface area contributed by atoms with E-state index in [0.717, 1.165) is 37.5 Å². The van der Waals surface area contributed by atoms with E-state index in [0.29, 0.717) is 10.8 Å². The minimum absolute atomic E-state index is 0.0990. The Bertz CT molecular complexity index is 788. The molecule has 0 saturated carbocycles. The molecule has 1 fully saturated rings. The minimum atomic E-state index is -0.182. The molecule has 2 aromatic heterocycles. The summed E-state index contributed by atoms with van der Waals surface area (Å²) in [7, 11) is 0. The molecule has 6 nitrogen and oxygen atoms in total. The van der Waals surface area contributed by atoms with Gasteiger partial charge in [-0.15, -0.1) is 0 Å². The number of halogens is 1. The average molecular weight is 345 g/mol. The lowest BCUT2D eigenvalue weighted by molar-refractivity contribution is 0.0901. The van der Waals surface area contributed by atoms with Crippen molar-refractivity contribution in [1.82, 2.24) is 10.3 Å². The van der Waals surface area contributed by atoms with Crippen molar-refractivity contribution in [3.8, 4) is 6.07 Å². The third-order valence-corrected chi connectivity index (χ3v) is 4.36. The van der Waals surface area contributed by atoms with Crippen LogP contribution in [0.4, 0.5) is 5.82 Å². The summed E-state index contributed by atoms with van der Waals surface area (Å²) in [6.07, 6.45) is 1.61. The molecule has 1 aliphatic rings. The zero-order chi connectivity index (χ0) is 17.1. The van der Waals surface area contributed by atoms with E-state index >= 15 is 0 Å². The molecule has 1 N–H and O–H groups in total. The number of carbonyl (C=O) groups is 1.